The minimum Gasteiger partial charge on any atom is -0.311 e. The lowest BCUT2D eigenvalue weighted by Crippen LogP contribution is -2.54. The van der Waals surface area contributed by atoms with Crippen molar-refractivity contribution >= 4 is 0 Å². The molecule has 2 nitrogen and oxygen atoms in total. The fourth-order valence-corrected chi connectivity index (χ4v) is 2.65. The predicted molar refractivity (Wildman–Crippen MR) is 76.4 cm³/mol. The van der Waals surface area contributed by atoms with Crippen molar-refractivity contribution in [3.63, 3.8) is 0 Å². The predicted octanol–water partition coefficient (Wildman–Crippen LogP) is 1.91. The summed E-state index contributed by atoms with van der Waals surface area (Å²) in [6.45, 7) is 5.32. The van der Waals surface area contributed by atoms with Crippen molar-refractivity contribution in [2.45, 2.75) is 31.8 Å². The van der Waals surface area contributed by atoms with Gasteiger partial charge in [0.2, 0.25) is 0 Å². The fourth-order valence-electron chi connectivity index (χ4n) is 2.65. The molecule has 1 heterocycles. The van der Waals surface area contributed by atoms with Crippen molar-refractivity contribution in [3.05, 3.63) is 35.9 Å². The minimum absolute atomic E-state index is 0.297. The number of rotatable bonds is 4. The number of benzene rings is 1. The van der Waals surface area contributed by atoms with Gasteiger partial charge < -0.3 is 5.32 Å². The fraction of sp³-hybridized carbons (Fsp3) is 0.500. The lowest BCUT2D eigenvalue weighted by atomic mass is 10.0. The highest BCUT2D eigenvalue weighted by Gasteiger charge is 2.23. The Kier molecular flexibility index (Phi) is 4.81. The third-order valence-corrected chi connectivity index (χ3v) is 3.63. The molecule has 1 N–H and O–H groups in total. The summed E-state index contributed by atoms with van der Waals surface area (Å²) in [5, 5.41) is 3.59. The van der Waals surface area contributed by atoms with Gasteiger partial charge >= 0.3 is 0 Å². The molecule has 0 aromatic heterocycles. The summed E-state index contributed by atoms with van der Waals surface area (Å²) < 4.78 is 0. The quantitative estimate of drug-likeness (QED) is 0.812. The van der Waals surface area contributed by atoms with E-state index in [1.165, 1.54) is 5.56 Å². The minimum atomic E-state index is 0.297. The van der Waals surface area contributed by atoms with Crippen molar-refractivity contribution in [1.82, 2.24) is 10.2 Å². The summed E-state index contributed by atoms with van der Waals surface area (Å²) in [6.07, 6.45) is 7.72. The second kappa shape index (κ2) is 6.58. The Morgan fingerprint density at radius 2 is 2.22 bits per heavy atom. The molecule has 2 heteroatoms. The molecule has 0 bridgehead atoms. The van der Waals surface area contributed by atoms with Gasteiger partial charge in [0.25, 0.3) is 0 Å². The van der Waals surface area contributed by atoms with Crippen LogP contribution in [0, 0.1) is 12.3 Å². The summed E-state index contributed by atoms with van der Waals surface area (Å²) in [5.74, 6) is 2.90. The van der Waals surface area contributed by atoms with Crippen molar-refractivity contribution < 1.29 is 0 Å². The average Bonchev–Trinajstić information content (AvgIpc) is 2.42. The van der Waals surface area contributed by atoms with E-state index in [-0.39, 0.29) is 0 Å². The van der Waals surface area contributed by atoms with Crippen LogP contribution in [0.5, 0.6) is 0 Å². The Morgan fingerprint density at radius 3 is 2.89 bits per heavy atom. The highest BCUT2D eigenvalue weighted by Crippen LogP contribution is 2.11. The summed E-state index contributed by atoms with van der Waals surface area (Å²) in [4.78, 5) is 2.43. The van der Waals surface area contributed by atoms with E-state index in [1.807, 2.05) is 0 Å². The average molecular weight is 242 g/mol. The normalized spacial score (nSPS) is 22.3. The van der Waals surface area contributed by atoms with Gasteiger partial charge in [-0.2, -0.15) is 0 Å². The lowest BCUT2D eigenvalue weighted by Gasteiger charge is -2.36. The first-order valence-corrected chi connectivity index (χ1v) is 6.81. The van der Waals surface area contributed by atoms with Crippen LogP contribution in [0.2, 0.25) is 0 Å². The van der Waals surface area contributed by atoms with Crippen molar-refractivity contribution in [3.8, 4) is 12.3 Å². The number of nitrogens with one attached hydrogen (secondary N) is 1. The molecule has 0 amide bonds. The molecule has 0 saturated carbocycles. The standard InChI is InChI=1S/C16H22N2/c1-3-16(4-2)18-11-10-17-15(13-18)12-14-8-6-5-7-9-14/h1,5-9,15-17H,4,10-13H2,2H3. The van der Waals surface area contributed by atoms with Gasteiger partial charge in [0.05, 0.1) is 6.04 Å². The third kappa shape index (κ3) is 3.35. The Labute approximate surface area is 110 Å². The molecule has 2 unspecified atom stereocenters. The first kappa shape index (κ1) is 13.1. The largest absolute Gasteiger partial charge is 0.311 e. The zero-order chi connectivity index (χ0) is 12.8. The third-order valence-electron chi connectivity index (χ3n) is 3.63. The van der Waals surface area contributed by atoms with Crippen LogP contribution in [0.1, 0.15) is 18.9 Å². The van der Waals surface area contributed by atoms with E-state index in [1.54, 1.807) is 0 Å². The number of nitrogens with zero attached hydrogens (tertiary/aromatic N) is 1. The molecular formula is C16H22N2. The zero-order valence-electron chi connectivity index (χ0n) is 11.1. The van der Waals surface area contributed by atoms with Gasteiger partial charge in [-0.25, -0.2) is 0 Å². The van der Waals surface area contributed by atoms with E-state index >= 15 is 0 Å². The van der Waals surface area contributed by atoms with Crippen molar-refractivity contribution in [2.24, 2.45) is 0 Å². The molecule has 1 aliphatic rings. The van der Waals surface area contributed by atoms with Crippen LogP contribution in [-0.4, -0.2) is 36.6 Å². The molecule has 18 heavy (non-hydrogen) atoms. The SMILES string of the molecule is C#CC(CC)N1CCNC(Cc2ccccc2)C1. The van der Waals surface area contributed by atoms with E-state index in [2.05, 4.69) is 53.4 Å². The Morgan fingerprint density at radius 1 is 1.44 bits per heavy atom. The van der Waals surface area contributed by atoms with Gasteiger partial charge in [-0.1, -0.05) is 43.2 Å². The van der Waals surface area contributed by atoms with Gasteiger partial charge in [-0.3, -0.25) is 4.90 Å². The molecule has 0 radical (unpaired) electrons. The van der Waals surface area contributed by atoms with Crippen LogP contribution < -0.4 is 5.32 Å². The maximum absolute atomic E-state index is 5.60. The van der Waals surface area contributed by atoms with Crippen molar-refractivity contribution in [2.75, 3.05) is 19.6 Å². The number of hydrogen-bond donors (Lipinski definition) is 1. The molecule has 0 spiro atoms. The van der Waals surface area contributed by atoms with Gasteiger partial charge in [-0.05, 0) is 18.4 Å². The van der Waals surface area contributed by atoms with Gasteiger partial charge in [0.15, 0.2) is 0 Å². The lowest BCUT2D eigenvalue weighted by molar-refractivity contribution is 0.168. The van der Waals surface area contributed by atoms with E-state index < -0.39 is 0 Å². The maximum atomic E-state index is 5.60. The topological polar surface area (TPSA) is 15.3 Å². The molecule has 1 aliphatic heterocycles. The Bertz CT molecular complexity index is 393. The zero-order valence-corrected chi connectivity index (χ0v) is 11.1. The van der Waals surface area contributed by atoms with Crippen molar-refractivity contribution in [1.29, 1.82) is 0 Å². The number of hydrogen-bond acceptors (Lipinski definition) is 2. The summed E-state index contributed by atoms with van der Waals surface area (Å²) in [5.41, 5.74) is 1.39. The van der Waals surface area contributed by atoms with Crippen LogP contribution in [0.25, 0.3) is 0 Å². The summed E-state index contributed by atoms with van der Waals surface area (Å²) >= 11 is 0. The summed E-state index contributed by atoms with van der Waals surface area (Å²) in [7, 11) is 0. The van der Waals surface area contributed by atoms with Crippen LogP contribution >= 0.6 is 0 Å². The van der Waals surface area contributed by atoms with E-state index in [9.17, 15) is 0 Å². The van der Waals surface area contributed by atoms with Crippen LogP contribution in [0.4, 0.5) is 0 Å². The molecule has 1 saturated heterocycles. The molecule has 1 aromatic carbocycles. The molecule has 0 aliphatic carbocycles. The van der Waals surface area contributed by atoms with Gasteiger partial charge in [0, 0.05) is 25.7 Å². The van der Waals surface area contributed by atoms with E-state index in [0.29, 0.717) is 12.1 Å². The van der Waals surface area contributed by atoms with E-state index in [4.69, 9.17) is 6.42 Å². The Hall–Kier alpha value is -1.30. The van der Waals surface area contributed by atoms with E-state index in [0.717, 1.165) is 32.5 Å². The first-order chi connectivity index (χ1) is 8.83. The van der Waals surface area contributed by atoms with Crippen LogP contribution in [-0.2, 0) is 6.42 Å². The molecule has 1 aromatic rings. The van der Waals surface area contributed by atoms with Crippen LogP contribution in [0.15, 0.2) is 30.3 Å². The second-order valence-electron chi connectivity index (χ2n) is 4.93. The number of terminal acetylenes is 1. The smallest absolute Gasteiger partial charge is 0.0710 e. The molecule has 1 fully saturated rings. The molecule has 96 valence electrons. The van der Waals surface area contributed by atoms with Gasteiger partial charge in [-0.15, -0.1) is 6.42 Å². The highest BCUT2D eigenvalue weighted by molar-refractivity contribution is 5.16. The molecule has 2 atom stereocenters. The number of piperazine rings is 1. The summed E-state index contributed by atoms with van der Waals surface area (Å²) in [6, 6.07) is 11.5. The Balaban J connectivity index is 1.93. The maximum Gasteiger partial charge on any atom is 0.0710 e. The second-order valence-corrected chi connectivity index (χ2v) is 4.93. The molecule has 2 rings (SSSR count). The van der Waals surface area contributed by atoms with Gasteiger partial charge in [0.1, 0.15) is 0 Å². The molecular weight excluding hydrogens is 220 g/mol. The monoisotopic (exact) mass is 242 g/mol. The van der Waals surface area contributed by atoms with Crippen LogP contribution in [0.3, 0.4) is 0 Å². The first-order valence-electron chi connectivity index (χ1n) is 6.81. The highest BCUT2D eigenvalue weighted by atomic mass is 15.2.